The molecule has 72 valence electrons. The minimum absolute atomic E-state index is 0.239. The molecule has 0 bridgehead atoms. The van der Waals surface area contributed by atoms with Crippen LogP contribution in [0.15, 0.2) is 36.5 Å². The fourth-order valence-corrected chi connectivity index (χ4v) is 1.09. The summed E-state index contributed by atoms with van der Waals surface area (Å²) in [6.07, 6.45) is 1.67. The normalized spacial score (nSPS) is 8.86. The monoisotopic (exact) mass is 275 g/mol. The average Bonchev–Trinajstić information content (AvgIpc) is 2.20. The van der Waals surface area contributed by atoms with Crippen LogP contribution in [0.1, 0.15) is 0 Å². The Bertz CT molecular complexity index is 461. The van der Waals surface area contributed by atoms with Gasteiger partial charge in [-0.05, 0) is 12.1 Å². The summed E-state index contributed by atoms with van der Waals surface area (Å²) >= 11 is -2.03. The van der Waals surface area contributed by atoms with Gasteiger partial charge in [0.2, 0.25) is 0 Å². The third-order valence-electron chi connectivity index (χ3n) is 1.61. The summed E-state index contributed by atoms with van der Waals surface area (Å²) in [5, 5.41) is 10.3. The maximum absolute atomic E-state index is 9.31. The number of pyridine rings is 1. The van der Waals surface area contributed by atoms with Gasteiger partial charge in [0.05, 0.1) is 0 Å². The fraction of sp³-hybridized carbons (Fsp3) is 0. The first-order chi connectivity index (χ1) is 6.79. The quantitative estimate of drug-likeness (QED) is 0.742. The molecule has 0 aliphatic rings. The Morgan fingerprint density at radius 1 is 1.14 bits per heavy atom. The van der Waals surface area contributed by atoms with Crippen LogP contribution >= 0.6 is 0 Å². The van der Waals surface area contributed by atoms with Crippen molar-refractivity contribution < 1.29 is 30.4 Å². The van der Waals surface area contributed by atoms with Crippen LogP contribution in [0.3, 0.4) is 0 Å². The van der Waals surface area contributed by atoms with Crippen molar-refractivity contribution in [2.24, 2.45) is 0 Å². The molecule has 0 amide bonds. The van der Waals surface area contributed by atoms with E-state index in [0.717, 1.165) is 5.39 Å². The first-order valence-electron chi connectivity index (χ1n) is 3.74. The Hall–Kier alpha value is -1.28. The van der Waals surface area contributed by atoms with Crippen LogP contribution in [0.5, 0.6) is 5.75 Å². The van der Waals surface area contributed by atoms with E-state index < -0.39 is 18.5 Å². The summed E-state index contributed by atoms with van der Waals surface area (Å²) in [6.45, 7) is 0. The second kappa shape index (κ2) is 5.45. The Labute approximate surface area is 88.7 Å². The second-order valence-electron chi connectivity index (χ2n) is 2.42. The molecule has 1 aromatic carbocycles. The molecular formula is C9H7MoNO3. The van der Waals surface area contributed by atoms with Crippen molar-refractivity contribution in [2.45, 2.75) is 0 Å². The van der Waals surface area contributed by atoms with Gasteiger partial charge in [0.15, 0.2) is 0 Å². The predicted octanol–water partition coefficient (Wildman–Crippen LogP) is 1.70. The molecule has 2 aromatic rings. The van der Waals surface area contributed by atoms with Crippen LogP contribution in [0.25, 0.3) is 10.9 Å². The zero-order chi connectivity index (χ0) is 10.4. The molecule has 0 saturated heterocycles. The molecule has 1 N–H and O–H groups in total. The number of aromatic hydroxyl groups is 1. The molecule has 5 heteroatoms. The standard InChI is InChI=1S/C9H7NO.Mo.2O/c11-8-5-1-3-7-4-2-6-10-9(7)8;;;/h1-6,11H;;;. The zero-order valence-electron chi connectivity index (χ0n) is 7.08. The minimum atomic E-state index is -2.03. The van der Waals surface area contributed by atoms with Crippen LogP contribution in [-0.4, -0.2) is 10.1 Å². The van der Waals surface area contributed by atoms with E-state index >= 15 is 0 Å². The van der Waals surface area contributed by atoms with Gasteiger partial charge in [0, 0.05) is 11.6 Å². The Morgan fingerprint density at radius 3 is 2.43 bits per heavy atom. The number of phenols is 1. The Balaban J connectivity index is 0.000000293. The van der Waals surface area contributed by atoms with Crippen LogP contribution in [0, 0.1) is 0 Å². The van der Waals surface area contributed by atoms with E-state index in [1.54, 1.807) is 18.3 Å². The molecule has 0 radical (unpaired) electrons. The maximum atomic E-state index is 9.31. The number of phenolic OH excluding ortho intramolecular Hbond substituents is 1. The van der Waals surface area contributed by atoms with Crippen molar-refractivity contribution in [1.29, 1.82) is 0 Å². The third-order valence-corrected chi connectivity index (χ3v) is 1.61. The molecule has 1 heterocycles. The van der Waals surface area contributed by atoms with Crippen molar-refractivity contribution in [1.82, 2.24) is 4.98 Å². The number of benzene rings is 1. The zero-order valence-corrected chi connectivity index (χ0v) is 9.09. The van der Waals surface area contributed by atoms with E-state index in [0.29, 0.717) is 5.52 Å². The van der Waals surface area contributed by atoms with E-state index in [4.69, 9.17) is 6.80 Å². The number of aromatic nitrogens is 1. The van der Waals surface area contributed by atoms with Gasteiger partial charge in [-0.25, -0.2) is 0 Å². The Morgan fingerprint density at radius 2 is 1.79 bits per heavy atom. The van der Waals surface area contributed by atoms with E-state index in [1.165, 1.54) is 0 Å². The van der Waals surface area contributed by atoms with Gasteiger partial charge in [-0.15, -0.1) is 0 Å². The third kappa shape index (κ3) is 2.60. The second-order valence-corrected chi connectivity index (χ2v) is 2.75. The van der Waals surface area contributed by atoms with Crippen molar-refractivity contribution >= 4 is 10.9 Å². The summed E-state index contributed by atoms with van der Waals surface area (Å²) in [5.74, 6) is 0.239. The predicted molar refractivity (Wildman–Crippen MR) is 44.8 cm³/mol. The topological polar surface area (TPSA) is 67.3 Å². The van der Waals surface area contributed by atoms with Crippen molar-refractivity contribution in [3.05, 3.63) is 36.5 Å². The molecule has 2 rings (SSSR count). The van der Waals surface area contributed by atoms with E-state index in [9.17, 15) is 5.11 Å². The van der Waals surface area contributed by atoms with Gasteiger partial charge in [0.25, 0.3) is 0 Å². The number of para-hydroxylation sites is 1. The first kappa shape index (κ1) is 10.8. The van der Waals surface area contributed by atoms with Gasteiger partial charge in [-0.1, -0.05) is 18.2 Å². The summed E-state index contributed by atoms with van der Waals surface area (Å²) < 4.78 is 17.0. The molecule has 4 nitrogen and oxygen atoms in total. The van der Waals surface area contributed by atoms with Crippen LogP contribution in [0.4, 0.5) is 0 Å². The van der Waals surface area contributed by atoms with E-state index in [1.807, 2.05) is 18.2 Å². The molecule has 0 saturated carbocycles. The van der Waals surface area contributed by atoms with Gasteiger partial charge >= 0.3 is 25.3 Å². The number of rotatable bonds is 0. The molecule has 0 unspecified atom stereocenters. The first-order valence-corrected chi connectivity index (χ1v) is 5.38. The molecule has 14 heavy (non-hydrogen) atoms. The molecular weight excluding hydrogens is 266 g/mol. The van der Waals surface area contributed by atoms with E-state index in [-0.39, 0.29) is 5.75 Å². The van der Waals surface area contributed by atoms with Crippen LogP contribution < -0.4 is 0 Å². The van der Waals surface area contributed by atoms with Crippen LogP contribution in [-0.2, 0) is 25.3 Å². The summed E-state index contributed by atoms with van der Waals surface area (Å²) in [4.78, 5) is 4.03. The summed E-state index contributed by atoms with van der Waals surface area (Å²) in [6, 6.07) is 9.13. The number of hydrogen-bond acceptors (Lipinski definition) is 4. The van der Waals surface area contributed by atoms with Gasteiger partial charge in [0.1, 0.15) is 11.3 Å². The van der Waals surface area contributed by atoms with Crippen molar-refractivity contribution in [3.63, 3.8) is 0 Å². The van der Waals surface area contributed by atoms with Gasteiger partial charge in [-0.3, -0.25) is 4.98 Å². The van der Waals surface area contributed by atoms with Crippen molar-refractivity contribution in [3.8, 4) is 5.75 Å². The average molecular weight is 273 g/mol. The van der Waals surface area contributed by atoms with Crippen molar-refractivity contribution in [2.75, 3.05) is 0 Å². The summed E-state index contributed by atoms with van der Waals surface area (Å²) in [5.41, 5.74) is 0.662. The molecule has 0 aliphatic heterocycles. The van der Waals surface area contributed by atoms with Gasteiger partial charge < -0.3 is 5.11 Å². The molecule has 0 aliphatic carbocycles. The Kier molecular flexibility index (Phi) is 4.20. The molecule has 1 aromatic heterocycles. The fourth-order valence-electron chi connectivity index (χ4n) is 1.09. The molecule has 0 fully saturated rings. The SMILES string of the molecule is Oc1cccc2cccnc12.[O]=[Mo]=[O]. The number of nitrogens with zero attached hydrogens (tertiary/aromatic N) is 1. The number of fused-ring (bicyclic) bond motifs is 1. The van der Waals surface area contributed by atoms with Gasteiger partial charge in [-0.2, -0.15) is 0 Å². The van der Waals surface area contributed by atoms with E-state index in [2.05, 4.69) is 4.98 Å². The summed E-state index contributed by atoms with van der Waals surface area (Å²) in [7, 11) is 0. The number of hydrogen-bond donors (Lipinski definition) is 1. The molecule has 0 atom stereocenters. The molecule has 0 spiro atoms. The van der Waals surface area contributed by atoms with Crippen LogP contribution in [0.2, 0.25) is 0 Å².